The van der Waals surface area contributed by atoms with Crippen LogP contribution in [0.1, 0.15) is 41.4 Å². The quantitative estimate of drug-likeness (QED) is 0.859. The summed E-state index contributed by atoms with van der Waals surface area (Å²) in [5.41, 5.74) is 2.72. The van der Waals surface area contributed by atoms with Crippen LogP contribution in [0.25, 0.3) is 0 Å². The Balaban J connectivity index is 1.85. The lowest BCUT2D eigenvalue weighted by atomic mass is 10.1. The van der Waals surface area contributed by atoms with Gasteiger partial charge in [0.2, 0.25) is 0 Å². The Kier molecular flexibility index (Phi) is 4.85. The van der Waals surface area contributed by atoms with Gasteiger partial charge in [-0.3, -0.25) is 9.52 Å². The first-order chi connectivity index (χ1) is 11.9. The molecule has 0 unspecified atom stereocenters. The van der Waals surface area contributed by atoms with Crippen LogP contribution in [0.15, 0.2) is 35.4 Å². The van der Waals surface area contributed by atoms with Crippen molar-refractivity contribution in [2.75, 3.05) is 17.8 Å². The maximum Gasteiger partial charge on any atom is 0.270 e. The molecular weight excluding hydrogens is 338 g/mol. The molecule has 25 heavy (non-hydrogen) atoms. The Labute approximate surface area is 148 Å². The largest absolute Gasteiger partial charge is 0.356 e. The molecule has 7 heteroatoms. The van der Waals surface area contributed by atoms with Gasteiger partial charge in [-0.05, 0) is 43.4 Å². The Morgan fingerprint density at radius 3 is 2.68 bits per heavy atom. The minimum absolute atomic E-state index is 0.0698. The summed E-state index contributed by atoms with van der Waals surface area (Å²) in [6, 6.07) is 7.10. The number of rotatable bonds is 5. The summed E-state index contributed by atoms with van der Waals surface area (Å²) in [4.78, 5) is 17.0. The van der Waals surface area contributed by atoms with Crippen molar-refractivity contribution in [2.24, 2.45) is 0 Å². The van der Waals surface area contributed by atoms with Gasteiger partial charge in [-0.2, -0.15) is 0 Å². The molecule has 0 bridgehead atoms. The molecule has 3 rings (SSSR count). The molecule has 0 spiro atoms. The van der Waals surface area contributed by atoms with Crippen LogP contribution in [0, 0.1) is 6.92 Å². The first kappa shape index (κ1) is 17.5. The van der Waals surface area contributed by atoms with E-state index in [1.807, 2.05) is 32.0 Å². The number of nitrogens with one attached hydrogen (secondary N) is 2. The fourth-order valence-electron chi connectivity index (χ4n) is 3.11. The van der Waals surface area contributed by atoms with Crippen molar-refractivity contribution >= 4 is 21.6 Å². The van der Waals surface area contributed by atoms with Crippen LogP contribution in [-0.4, -0.2) is 37.3 Å². The highest BCUT2D eigenvalue weighted by Gasteiger charge is 2.24. The van der Waals surface area contributed by atoms with Gasteiger partial charge in [-0.1, -0.05) is 25.1 Å². The maximum atomic E-state index is 12.7. The van der Waals surface area contributed by atoms with Crippen LogP contribution in [-0.2, 0) is 16.4 Å². The van der Waals surface area contributed by atoms with E-state index in [0.717, 1.165) is 43.5 Å². The zero-order valence-electron chi connectivity index (χ0n) is 14.5. The van der Waals surface area contributed by atoms with E-state index in [0.29, 0.717) is 11.4 Å². The van der Waals surface area contributed by atoms with Gasteiger partial charge >= 0.3 is 0 Å². The van der Waals surface area contributed by atoms with Crippen LogP contribution >= 0.6 is 0 Å². The Bertz CT molecular complexity index is 881. The topological polar surface area (TPSA) is 82.3 Å². The van der Waals surface area contributed by atoms with Gasteiger partial charge in [0.15, 0.2) is 0 Å². The second-order valence-electron chi connectivity index (χ2n) is 6.32. The third-order valence-corrected chi connectivity index (χ3v) is 5.90. The summed E-state index contributed by atoms with van der Waals surface area (Å²) in [7, 11) is -3.76. The minimum Gasteiger partial charge on any atom is -0.356 e. The Morgan fingerprint density at radius 1 is 1.28 bits per heavy atom. The zero-order valence-corrected chi connectivity index (χ0v) is 15.3. The van der Waals surface area contributed by atoms with Crippen molar-refractivity contribution in [1.82, 2.24) is 9.88 Å². The number of carbonyl (C=O) groups excluding carboxylic acids is 1. The van der Waals surface area contributed by atoms with E-state index in [-0.39, 0.29) is 10.8 Å². The second kappa shape index (κ2) is 6.92. The van der Waals surface area contributed by atoms with E-state index >= 15 is 0 Å². The second-order valence-corrected chi connectivity index (χ2v) is 8.00. The molecule has 2 aromatic rings. The van der Waals surface area contributed by atoms with Gasteiger partial charge < -0.3 is 9.88 Å². The molecule has 2 heterocycles. The summed E-state index contributed by atoms with van der Waals surface area (Å²) in [5, 5.41) is 0. The van der Waals surface area contributed by atoms with E-state index in [9.17, 15) is 13.2 Å². The molecule has 1 aromatic carbocycles. The normalized spacial score (nSPS) is 14.7. The van der Waals surface area contributed by atoms with Gasteiger partial charge in [0.25, 0.3) is 15.9 Å². The Morgan fingerprint density at radius 2 is 2.00 bits per heavy atom. The molecule has 0 radical (unpaired) electrons. The van der Waals surface area contributed by atoms with Crippen molar-refractivity contribution < 1.29 is 13.2 Å². The summed E-state index contributed by atoms with van der Waals surface area (Å²) in [5.74, 6) is -0.149. The number of aryl methyl sites for hydroxylation is 2. The summed E-state index contributed by atoms with van der Waals surface area (Å²) in [6.45, 7) is 5.30. The molecule has 1 fully saturated rings. The maximum absolute atomic E-state index is 12.7. The summed E-state index contributed by atoms with van der Waals surface area (Å²) in [6.07, 6.45) is 4.08. The smallest absolute Gasteiger partial charge is 0.270 e. The lowest BCUT2D eigenvalue weighted by Crippen LogP contribution is -2.27. The first-order valence-electron chi connectivity index (χ1n) is 8.51. The van der Waals surface area contributed by atoms with Gasteiger partial charge in [0.1, 0.15) is 10.6 Å². The van der Waals surface area contributed by atoms with E-state index < -0.39 is 10.0 Å². The predicted molar refractivity (Wildman–Crippen MR) is 97.3 cm³/mol. The minimum atomic E-state index is -3.76. The van der Waals surface area contributed by atoms with Crippen LogP contribution in [0.2, 0.25) is 0 Å². The number of nitrogens with zero attached hydrogens (tertiary/aromatic N) is 1. The molecule has 134 valence electrons. The first-order valence-corrected chi connectivity index (χ1v) is 9.99. The zero-order chi connectivity index (χ0) is 18.0. The van der Waals surface area contributed by atoms with Crippen molar-refractivity contribution in [1.29, 1.82) is 0 Å². The van der Waals surface area contributed by atoms with Gasteiger partial charge in [0, 0.05) is 19.3 Å². The van der Waals surface area contributed by atoms with Crippen molar-refractivity contribution in [3.63, 3.8) is 0 Å². The lowest BCUT2D eigenvalue weighted by Gasteiger charge is -2.14. The molecule has 1 aromatic heterocycles. The third-order valence-electron chi connectivity index (χ3n) is 4.57. The van der Waals surface area contributed by atoms with E-state index in [1.165, 1.54) is 12.3 Å². The number of H-pyrrole nitrogens is 1. The molecule has 0 saturated carbocycles. The molecule has 0 atom stereocenters. The molecule has 0 aliphatic carbocycles. The van der Waals surface area contributed by atoms with Gasteiger partial charge in [-0.25, -0.2) is 8.42 Å². The number of hydrogen-bond acceptors (Lipinski definition) is 3. The molecule has 1 aliphatic rings. The number of amides is 1. The van der Waals surface area contributed by atoms with Gasteiger partial charge in [-0.15, -0.1) is 0 Å². The number of para-hydroxylation sites is 1. The van der Waals surface area contributed by atoms with Crippen molar-refractivity contribution in [3.8, 4) is 0 Å². The molecule has 1 aliphatic heterocycles. The number of aromatic nitrogens is 1. The van der Waals surface area contributed by atoms with E-state index in [4.69, 9.17) is 0 Å². The third kappa shape index (κ3) is 3.56. The molecule has 6 nitrogen and oxygen atoms in total. The van der Waals surface area contributed by atoms with E-state index in [2.05, 4.69) is 9.71 Å². The average molecular weight is 361 g/mol. The SMILES string of the molecule is CCc1cccc(C)c1NS(=O)(=O)c1c[nH]c(C(=O)N2CCCC2)c1. The Hall–Kier alpha value is -2.28. The predicted octanol–water partition coefficient (Wildman–Crippen LogP) is 2.92. The van der Waals surface area contributed by atoms with Crippen LogP contribution < -0.4 is 4.72 Å². The molecule has 1 amide bonds. The highest BCUT2D eigenvalue weighted by atomic mass is 32.2. The van der Waals surface area contributed by atoms with Crippen LogP contribution in [0.3, 0.4) is 0 Å². The van der Waals surface area contributed by atoms with E-state index in [1.54, 1.807) is 4.90 Å². The number of carbonyl (C=O) groups is 1. The molecule has 1 saturated heterocycles. The van der Waals surface area contributed by atoms with Crippen molar-refractivity contribution in [2.45, 2.75) is 38.0 Å². The fourth-order valence-corrected chi connectivity index (χ4v) is 4.27. The highest BCUT2D eigenvalue weighted by Crippen LogP contribution is 2.25. The summed E-state index contributed by atoms with van der Waals surface area (Å²) >= 11 is 0. The number of likely N-dealkylation sites (tertiary alicyclic amines) is 1. The number of aromatic amines is 1. The number of hydrogen-bond donors (Lipinski definition) is 2. The lowest BCUT2D eigenvalue weighted by molar-refractivity contribution is 0.0787. The highest BCUT2D eigenvalue weighted by molar-refractivity contribution is 7.92. The number of sulfonamides is 1. The number of anilines is 1. The average Bonchev–Trinajstić information content (AvgIpc) is 3.28. The molecular formula is C18H23N3O3S. The fraction of sp³-hybridized carbons (Fsp3) is 0.389. The van der Waals surface area contributed by atoms with Crippen LogP contribution in [0.5, 0.6) is 0 Å². The van der Waals surface area contributed by atoms with Crippen molar-refractivity contribution in [3.05, 3.63) is 47.3 Å². The summed E-state index contributed by atoms with van der Waals surface area (Å²) < 4.78 is 28.1. The standard InChI is InChI=1S/C18H23N3O3S/c1-3-14-8-6-7-13(2)17(14)20-25(23,24)15-11-16(19-12-15)18(22)21-9-4-5-10-21/h6-8,11-12,19-20H,3-5,9-10H2,1-2H3. The molecule has 2 N–H and O–H groups in total. The number of benzene rings is 1. The van der Waals surface area contributed by atoms with Gasteiger partial charge in [0.05, 0.1) is 5.69 Å². The van der Waals surface area contributed by atoms with Crippen LogP contribution in [0.4, 0.5) is 5.69 Å². The monoisotopic (exact) mass is 361 g/mol.